The van der Waals surface area contributed by atoms with E-state index in [0.717, 1.165) is 18.5 Å². The largest absolute Gasteiger partial charge is 0.329 e. The van der Waals surface area contributed by atoms with Gasteiger partial charge in [0.25, 0.3) is 0 Å². The molecule has 0 aromatic heterocycles. The van der Waals surface area contributed by atoms with Crippen molar-refractivity contribution in [3.63, 3.8) is 0 Å². The van der Waals surface area contributed by atoms with Crippen molar-refractivity contribution in [1.82, 2.24) is 4.90 Å². The van der Waals surface area contributed by atoms with Crippen molar-refractivity contribution in [2.24, 2.45) is 5.73 Å². The summed E-state index contributed by atoms with van der Waals surface area (Å²) < 4.78 is 0. The lowest BCUT2D eigenvalue weighted by Crippen LogP contribution is -2.39. The number of rotatable bonds is 5. The highest BCUT2D eigenvalue weighted by atomic mass is 15.2. The molecule has 1 aromatic carbocycles. The highest BCUT2D eigenvalue weighted by Gasteiger charge is 2.26. The summed E-state index contributed by atoms with van der Waals surface area (Å²) >= 11 is 0. The van der Waals surface area contributed by atoms with Gasteiger partial charge in [-0.2, -0.15) is 0 Å². The highest BCUT2D eigenvalue weighted by molar-refractivity contribution is 5.30. The van der Waals surface area contributed by atoms with Gasteiger partial charge in [-0.05, 0) is 49.8 Å². The lowest BCUT2D eigenvalue weighted by Gasteiger charge is -2.37. The van der Waals surface area contributed by atoms with Crippen LogP contribution in [0.3, 0.4) is 0 Å². The highest BCUT2D eigenvalue weighted by Crippen LogP contribution is 2.40. The van der Waals surface area contributed by atoms with E-state index in [1.165, 1.54) is 56.1 Å². The van der Waals surface area contributed by atoms with Gasteiger partial charge in [0, 0.05) is 18.6 Å². The molecule has 2 N–H and O–H groups in total. The van der Waals surface area contributed by atoms with Crippen LogP contribution in [-0.2, 0) is 0 Å². The maximum Gasteiger partial charge on any atom is 0.0470 e. The third kappa shape index (κ3) is 3.07. The second-order valence-corrected chi connectivity index (χ2v) is 6.65. The minimum Gasteiger partial charge on any atom is -0.329 e. The van der Waals surface area contributed by atoms with Gasteiger partial charge in [-0.15, -0.1) is 0 Å². The third-order valence-corrected chi connectivity index (χ3v) is 5.24. The van der Waals surface area contributed by atoms with E-state index in [-0.39, 0.29) is 0 Å². The van der Waals surface area contributed by atoms with Crippen molar-refractivity contribution in [1.29, 1.82) is 0 Å². The summed E-state index contributed by atoms with van der Waals surface area (Å²) in [6.07, 6.45) is 9.61. The van der Waals surface area contributed by atoms with Crippen molar-refractivity contribution >= 4 is 0 Å². The predicted molar refractivity (Wildman–Crippen MR) is 84.8 cm³/mol. The van der Waals surface area contributed by atoms with E-state index in [0.29, 0.717) is 6.04 Å². The molecule has 0 aliphatic heterocycles. The summed E-state index contributed by atoms with van der Waals surface area (Å²) in [6.45, 7) is 0.718. The van der Waals surface area contributed by atoms with Gasteiger partial charge in [0.1, 0.15) is 0 Å². The van der Waals surface area contributed by atoms with Crippen molar-refractivity contribution in [2.45, 2.75) is 62.9 Å². The van der Waals surface area contributed by atoms with Crippen LogP contribution in [0, 0.1) is 0 Å². The summed E-state index contributed by atoms with van der Waals surface area (Å²) in [5, 5.41) is 0. The second-order valence-electron chi connectivity index (χ2n) is 6.65. The summed E-state index contributed by atoms with van der Waals surface area (Å²) in [6, 6.07) is 10.4. The van der Waals surface area contributed by atoms with Crippen LogP contribution < -0.4 is 5.73 Å². The Balaban J connectivity index is 1.70. The summed E-state index contributed by atoms with van der Waals surface area (Å²) in [5.74, 6) is 0.844. The molecule has 110 valence electrons. The summed E-state index contributed by atoms with van der Waals surface area (Å²) in [4.78, 5) is 2.53. The molecular weight excluding hydrogens is 244 g/mol. The SMILES string of the molecule is CN(C1CCCCC1)C(CN)c1ccc(C2CC2)cc1. The molecule has 0 heterocycles. The van der Waals surface area contributed by atoms with Crippen LogP contribution >= 0.6 is 0 Å². The predicted octanol–water partition coefficient (Wildman–Crippen LogP) is 3.83. The van der Waals surface area contributed by atoms with Crippen LogP contribution in [0.1, 0.15) is 68.0 Å². The van der Waals surface area contributed by atoms with Gasteiger partial charge < -0.3 is 5.73 Å². The number of benzene rings is 1. The molecule has 3 rings (SSSR count). The number of hydrogen-bond acceptors (Lipinski definition) is 2. The average molecular weight is 272 g/mol. The van der Waals surface area contributed by atoms with Crippen LogP contribution in [0.4, 0.5) is 0 Å². The monoisotopic (exact) mass is 272 g/mol. The Morgan fingerprint density at radius 3 is 2.25 bits per heavy atom. The Morgan fingerprint density at radius 2 is 1.70 bits per heavy atom. The molecule has 0 saturated heterocycles. The molecule has 20 heavy (non-hydrogen) atoms. The third-order valence-electron chi connectivity index (χ3n) is 5.24. The van der Waals surface area contributed by atoms with Crippen LogP contribution in [0.5, 0.6) is 0 Å². The van der Waals surface area contributed by atoms with Gasteiger partial charge in [0.2, 0.25) is 0 Å². The van der Waals surface area contributed by atoms with E-state index in [2.05, 4.69) is 36.2 Å². The van der Waals surface area contributed by atoms with Gasteiger partial charge in [-0.1, -0.05) is 43.5 Å². The van der Waals surface area contributed by atoms with E-state index < -0.39 is 0 Å². The molecule has 2 aliphatic rings. The number of nitrogens with zero attached hydrogens (tertiary/aromatic N) is 1. The van der Waals surface area contributed by atoms with Crippen molar-refractivity contribution in [3.8, 4) is 0 Å². The molecule has 0 radical (unpaired) electrons. The van der Waals surface area contributed by atoms with Crippen molar-refractivity contribution in [3.05, 3.63) is 35.4 Å². The van der Waals surface area contributed by atoms with Crippen molar-refractivity contribution < 1.29 is 0 Å². The summed E-state index contributed by atoms with van der Waals surface area (Å²) in [7, 11) is 2.27. The van der Waals surface area contributed by atoms with E-state index in [1.807, 2.05) is 0 Å². The fraction of sp³-hybridized carbons (Fsp3) is 0.667. The Labute approximate surface area is 123 Å². The zero-order valence-electron chi connectivity index (χ0n) is 12.7. The Hall–Kier alpha value is -0.860. The first-order valence-electron chi connectivity index (χ1n) is 8.31. The lowest BCUT2D eigenvalue weighted by atomic mass is 9.92. The quantitative estimate of drug-likeness (QED) is 0.882. The fourth-order valence-electron chi connectivity index (χ4n) is 3.69. The van der Waals surface area contributed by atoms with Gasteiger partial charge in [-0.25, -0.2) is 0 Å². The number of hydrogen-bond donors (Lipinski definition) is 1. The molecule has 2 aliphatic carbocycles. The van der Waals surface area contributed by atoms with Crippen molar-refractivity contribution in [2.75, 3.05) is 13.6 Å². The molecule has 2 saturated carbocycles. The van der Waals surface area contributed by atoms with E-state index in [9.17, 15) is 0 Å². The van der Waals surface area contributed by atoms with Gasteiger partial charge in [0.05, 0.1) is 0 Å². The Bertz CT molecular complexity index is 416. The van der Waals surface area contributed by atoms with Gasteiger partial charge in [0.15, 0.2) is 0 Å². The molecule has 0 amide bonds. The van der Waals surface area contributed by atoms with Crippen LogP contribution in [0.25, 0.3) is 0 Å². The zero-order valence-corrected chi connectivity index (χ0v) is 12.7. The Morgan fingerprint density at radius 1 is 1.05 bits per heavy atom. The second kappa shape index (κ2) is 6.28. The number of nitrogens with two attached hydrogens (primary N) is 1. The Kier molecular flexibility index (Phi) is 4.42. The minimum atomic E-state index is 0.381. The molecular formula is C18H28N2. The topological polar surface area (TPSA) is 29.3 Å². The molecule has 0 spiro atoms. The first-order chi connectivity index (χ1) is 9.79. The number of likely N-dealkylation sites (N-methyl/N-ethyl adjacent to an activating group) is 1. The first-order valence-corrected chi connectivity index (χ1v) is 8.31. The van der Waals surface area contributed by atoms with Crippen LogP contribution in [-0.4, -0.2) is 24.5 Å². The molecule has 0 bridgehead atoms. The van der Waals surface area contributed by atoms with E-state index >= 15 is 0 Å². The fourth-order valence-corrected chi connectivity index (χ4v) is 3.69. The normalized spacial score (nSPS) is 22.1. The zero-order chi connectivity index (χ0) is 13.9. The smallest absolute Gasteiger partial charge is 0.0470 e. The van der Waals surface area contributed by atoms with Crippen LogP contribution in [0.15, 0.2) is 24.3 Å². The maximum atomic E-state index is 6.08. The molecule has 2 fully saturated rings. The molecule has 1 atom stereocenters. The molecule has 1 aromatic rings. The lowest BCUT2D eigenvalue weighted by molar-refractivity contribution is 0.141. The molecule has 2 nitrogen and oxygen atoms in total. The molecule has 2 heteroatoms. The minimum absolute atomic E-state index is 0.381. The van der Waals surface area contributed by atoms with Gasteiger partial charge >= 0.3 is 0 Å². The van der Waals surface area contributed by atoms with Crippen LogP contribution in [0.2, 0.25) is 0 Å². The standard InChI is InChI=1S/C18H28N2/c1-20(17-5-3-2-4-6-17)18(13-19)16-11-9-15(10-12-16)14-7-8-14/h9-12,14,17-18H,2-8,13,19H2,1H3. The molecule has 1 unspecified atom stereocenters. The average Bonchev–Trinajstić information content (AvgIpc) is 3.34. The van der Waals surface area contributed by atoms with E-state index in [4.69, 9.17) is 5.73 Å². The summed E-state index contributed by atoms with van der Waals surface area (Å²) in [5.41, 5.74) is 8.99. The maximum absolute atomic E-state index is 6.08. The van der Waals surface area contributed by atoms with E-state index in [1.54, 1.807) is 0 Å². The first kappa shape index (κ1) is 14.1. The van der Waals surface area contributed by atoms with Gasteiger partial charge in [-0.3, -0.25) is 4.90 Å².